The first-order chi connectivity index (χ1) is 10.6. The van der Waals surface area contributed by atoms with Crippen LogP contribution in [0.2, 0.25) is 0 Å². The van der Waals surface area contributed by atoms with Crippen molar-refractivity contribution in [3.8, 4) is 0 Å². The lowest BCUT2D eigenvalue weighted by Crippen LogP contribution is -2.41. The molecule has 2 amide bonds. The molecule has 0 radical (unpaired) electrons. The van der Waals surface area contributed by atoms with Crippen LogP contribution in [0.1, 0.15) is 12.8 Å². The van der Waals surface area contributed by atoms with E-state index >= 15 is 0 Å². The van der Waals surface area contributed by atoms with Gasteiger partial charge in [-0.3, -0.25) is 19.2 Å². The van der Waals surface area contributed by atoms with Crippen LogP contribution in [-0.4, -0.2) is 57.6 Å². The molecule has 0 heterocycles. The molecule has 0 aromatic heterocycles. The maximum Gasteiger partial charge on any atom is 0.326 e. The number of carboxylic acid groups (broad SMARTS) is 3. The smallest absolute Gasteiger partial charge is 0.326 e. The molecule has 0 rings (SSSR count). The number of carbonyl (C=O) groups is 5. The fourth-order valence-electron chi connectivity index (χ4n) is 0.970. The molecule has 5 N–H and O–H groups in total. The summed E-state index contributed by atoms with van der Waals surface area (Å²) in [7, 11) is 0. The van der Waals surface area contributed by atoms with Gasteiger partial charge in [-0.2, -0.15) is 0 Å². The Labute approximate surface area is 131 Å². The molecule has 0 bridgehead atoms. The minimum absolute atomic E-state index is 0.0560. The van der Waals surface area contributed by atoms with E-state index in [0.717, 1.165) is 12.2 Å². The number of nitrogens with one attached hydrogen (secondary N) is 2. The third-order valence-corrected chi connectivity index (χ3v) is 2.00. The normalized spacial score (nSPS) is 10.1. The van der Waals surface area contributed by atoms with Crippen molar-refractivity contribution in [1.29, 1.82) is 0 Å². The summed E-state index contributed by atoms with van der Waals surface area (Å²) in [6.07, 6.45) is 1.26. The number of rotatable bonds is 9. The Bertz CT molecular complexity index is 486. The largest absolute Gasteiger partial charge is 0.481 e. The lowest BCUT2D eigenvalue weighted by molar-refractivity contribution is -0.146. The average molecular weight is 330 g/mol. The van der Waals surface area contributed by atoms with Crippen molar-refractivity contribution in [3.63, 3.8) is 0 Å². The van der Waals surface area contributed by atoms with E-state index < -0.39 is 36.3 Å². The Balaban J connectivity index is 0. The van der Waals surface area contributed by atoms with Gasteiger partial charge in [-0.25, -0.2) is 4.79 Å². The van der Waals surface area contributed by atoms with Gasteiger partial charge in [0.25, 0.3) is 0 Å². The number of hydrogen-bond donors (Lipinski definition) is 5. The van der Waals surface area contributed by atoms with E-state index in [1.807, 2.05) is 5.32 Å². The summed E-state index contributed by atoms with van der Waals surface area (Å²) >= 11 is 0. The van der Waals surface area contributed by atoms with E-state index in [0.29, 0.717) is 0 Å². The lowest BCUT2D eigenvalue weighted by Gasteiger charge is -2.09. The number of carbonyl (C=O) groups excluding carboxylic acids is 2. The fourth-order valence-corrected chi connectivity index (χ4v) is 0.970. The predicted molar refractivity (Wildman–Crippen MR) is 77.5 cm³/mol. The van der Waals surface area contributed by atoms with Crippen LogP contribution in [0.25, 0.3) is 0 Å². The summed E-state index contributed by atoms with van der Waals surface area (Å²) in [6.45, 7) is 6.45. The first-order valence-corrected chi connectivity index (χ1v) is 6.13. The number of carboxylic acids is 3. The number of amides is 2. The second-order valence-electron chi connectivity index (χ2n) is 3.84. The molecule has 0 aromatic carbocycles. The van der Waals surface area contributed by atoms with Crippen molar-refractivity contribution >= 4 is 29.7 Å². The summed E-state index contributed by atoms with van der Waals surface area (Å²) in [5.41, 5.74) is 0. The molecule has 10 nitrogen and oxygen atoms in total. The van der Waals surface area contributed by atoms with Gasteiger partial charge >= 0.3 is 17.9 Å². The summed E-state index contributed by atoms with van der Waals surface area (Å²) in [4.78, 5) is 51.4. The Hall–Kier alpha value is -3.17. The van der Waals surface area contributed by atoms with Crippen LogP contribution in [0.4, 0.5) is 0 Å². The molecule has 0 aliphatic carbocycles. The first kappa shape index (κ1) is 22.1. The van der Waals surface area contributed by atoms with E-state index in [1.54, 1.807) is 0 Å². The Kier molecular flexibility index (Phi) is 12.1. The van der Waals surface area contributed by atoms with Crippen molar-refractivity contribution in [2.24, 2.45) is 0 Å². The minimum atomic E-state index is -1.41. The summed E-state index contributed by atoms with van der Waals surface area (Å²) in [6, 6.07) is -1.41. The van der Waals surface area contributed by atoms with E-state index in [2.05, 4.69) is 18.5 Å². The third kappa shape index (κ3) is 15.0. The Morgan fingerprint density at radius 1 is 0.913 bits per heavy atom. The van der Waals surface area contributed by atoms with Gasteiger partial charge in [0, 0.05) is 6.54 Å². The minimum Gasteiger partial charge on any atom is -0.481 e. The predicted octanol–water partition coefficient (Wildman–Crippen LogP) is -1.02. The van der Waals surface area contributed by atoms with Gasteiger partial charge in [0.05, 0.1) is 12.8 Å². The highest BCUT2D eigenvalue weighted by Gasteiger charge is 2.21. The Morgan fingerprint density at radius 3 is 1.78 bits per heavy atom. The molecular weight excluding hydrogens is 312 g/mol. The fraction of sp³-hybridized carbons (Fsp3) is 0.308. The molecule has 0 fully saturated rings. The second kappa shape index (κ2) is 12.6. The molecular formula is C13H18N2O8. The zero-order chi connectivity index (χ0) is 18.4. The molecule has 0 aromatic rings. The summed E-state index contributed by atoms with van der Waals surface area (Å²) < 4.78 is 0. The van der Waals surface area contributed by atoms with Gasteiger partial charge in [-0.05, 0) is 12.2 Å². The third-order valence-electron chi connectivity index (χ3n) is 2.00. The van der Waals surface area contributed by atoms with Crippen LogP contribution in [-0.2, 0) is 24.0 Å². The molecule has 0 saturated heterocycles. The van der Waals surface area contributed by atoms with Crippen LogP contribution < -0.4 is 10.6 Å². The van der Waals surface area contributed by atoms with E-state index in [1.165, 1.54) is 0 Å². The van der Waals surface area contributed by atoms with Gasteiger partial charge in [-0.15, -0.1) is 0 Å². The number of aliphatic carboxylic acids is 3. The molecule has 1 atom stereocenters. The molecule has 10 heteroatoms. The average Bonchev–Trinajstić information content (AvgIpc) is 2.45. The molecule has 0 unspecified atom stereocenters. The topological polar surface area (TPSA) is 170 Å². The summed E-state index contributed by atoms with van der Waals surface area (Å²) in [5, 5.41) is 29.1. The first-order valence-electron chi connectivity index (χ1n) is 6.13. The zero-order valence-corrected chi connectivity index (χ0v) is 12.2. The summed E-state index contributed by atoms with van der Waals surface area (Å²) in [5.74, 6) is -4.67. The molecule has 0 spiro atoms. The van der Waals surface area contributed by atoms with E-state index in [9.17, 15) is 24.0 Å². The quantitative estimate of drug-likeness (QED) is 0.334. The second-order valence-corrected chi connectivity index (χ2v) is 3.84. The van der Waals surface area contributed by atoms with Crippen molar-refractivity contribution in [1.82, 2.24) is 10.6 Å². The standard InChI is InChI=1S/C7H9NO5.C6H9NO3/c1-2-5(9)8-4(7(12)13)3-6(10)11;1-2-5(8)7-4-3-6(9)10/h2,4H,1,3H2,(H,8,9)(H,10,11)(H,12,13);2H,1,3-4H2,(H,7,8)(H,9,10)/t4-;/m0./s1. The van der Waals surface area contributed by atoms with Crippen LogP contribution in [0.3, 0.4) is 0 Å². The Morgan fingerprint density at radius 2 is 1.43 bits per heavy atom. The highest BCUT2D eigenvalue weighted by atomic mass is 16.4. The van der Waals surface area contributed by atoms with Crippen molar-refractivity contribution in [2.45, 2.75) is 18.9 Å². The van der Waals surface area contributed by atoms with Crippen LogP contribution in [0.5, 0.6) is 0 Å². The van der Waals surface area contributed by atoms with Crippen molar-refractivity contribution in [3.05, 3.63) is 25.3 Å². The maximum absolute atomic E-state index is 10.6. The molecule has 0 saturated carbocycles. The van der Waals surface area contributed by atoms with E-state index in [4.69, 9.17) is 15.3 Å². The van der Waals surface area contributed by atoms with Gasteiger partial charge in [0.1, 0.15) is 6.04 Å². The van der Waals surface area contributed by atoms with Crippen LogP contribution >= 0.6 is 0 Å². The molecule has 0 aliphatic rings. The maximum atomic E-state index is 10.6. The van der Waals surface area contributed by atoms with Crippen LogP contribution in [0.15, 0.2) is 25.3 Å². The molecule has 23 heavy (non-hydrogen) atoms. The van der Waals surface area contributed by atoms with Gasteiger partial charge < -0.3 is 26.0 Å². The highest BCUT2D eigenvalue weighted by molar-refractivity contribution is 5.92. The van der Waals surface area contributed by atoms with E-state index in [-0.39, 0.29) is 18.9 Å². The van der Waals surface area contributed by atoms with Crippen LogP contribution in [0, 0.1) is 0 Å². The molecule has 128 valence electrons. The van der Waals surface area contributed by atoms with Gasteiger partial charge in [-0.1, -0.05) is 13.2 Å². The number of hydrogen-bond acceptors (Lipinski definition) is 5. The van der Waals surface area contributed by atoms with Crippen molar-refractivity contribution in [2.75, 3.05) is 6.54 Å². The molecule has 0 aliphatic heterocycles. The zero-order valence-electron chi connectivity index (χ0n) is 12.2. The monoisotopic (exact) mass is 330 g/mol. The lowest BCUT2D eigenvalue weighted by atomic mass is 10.2. The van der Waals surface area contributed by atoms with Gasteiger partial charge in [0.15, 0.2) is 0 Å². The SMILES string of the molecule is C=CC(=O)NCCC(=O)O.C=CC(=O)N[C@@H](CC(=O)O)C(=O)O. The van der Waals surface area contributed by atoms with Crippen molar-refractivity contribution < 1.29 is 39.3 Å². The van der Waals surface area contributed by atoms with Gasteiger partial charge in [0.2, 0.25) is 11.8 Å². The highest BCUT2D eigenvalue weighted by Crippen LogP contribution is 1.92.